The van der Waals surface area contributed by atoms with E-state index in [1.165, 1.54) is 12.1 Å². The number of rotatable bonds is 3. The number of carboxylic acid groups (broad SMARTS) is 1. The zero-order chi connectivity index (χ0) is 9.84. The average Bonchev–Trinajstić information content (AvgIpc) is 2.08. The molecule has 0 saturated carbocycles. The monoisotopic (exact) mass is 244 g/mol. The quantitative estimate of drug-likeness (QED) is 0.732. The van der Waals surface area contributed by atoms with E-state index in [-0.39, 0.29) is 5.69 Å². The van der Waals surface area contributed by atoms with Crippen molar-refractivity contribution < 1.29 is 14.6 Å². The summed E-state index contributed by atoms with van der Waals surface area (Å²) >= 11 is 3.09. The van der Waals surface area contributed by atoms with E-state index < -0.39 is 5.97 Å². The summed E-state index contributed by atoms with van der Waals surface area (Å²) < 4.78 is 5.52. The molecule has 13 heavy (non-hydrogen) atoms. The van der Waals surface area contributed by atoms with Gasteiger partial charge in [0.1, 0.15) is 4.60 Å². The highest BCUT2D eigenvalue weighted by Gasteiger charge is 2.03. The van der Waals surface area contributed by atoms with Gasteiger partial charge < -0.3 is 14.6 Å². The van der Waals surface area contributed by atoms with Crippen molar-refractivity contribution in [2.45, 2.75) is 6.92 Å². The van der Waals surface area contributed by atoms with E-state index in [1.807, 2.05) is 6.92 Å². The van der Waals surface area contributed by atoms with E-state index >= 15 is 0 Å². The molecule has 0 saturated heterocycles. The van der Waals surface area contributed by atoms with Crippen LogP contribution in [0.15, 0.2) is 16.7 Å². The van der Waals surface area contributed by atoms with Gasteiger partial charge in [-0.1, -0.05) is 0 Å². The summed E-state index contributed by atoms with van der Waals surface area (Å²) in [7, 11) is 0. The summed E-state index contributed by atoms with van der Waals surface area (Å²) in [6.45, 7) is 2.34. The summed E-state index contributed by atoms with van der Waals surface area (Å²) in [5.41, 5.74) is -0.115. The summed E-state index contributed by atoms with van der Waals surface area (Å²) in [5, 5.41) is 10.4. The molecule has 0 aliphatic rings. The smallest absolute Gasteiger partial charge is 0.152 e. The van der Waals surface area contributed by atoms with Crippen molar-refractivity contribution >= 4 is 21.9 Å². The second kappa shape index (κ2) is 4.23. The molecule has 1 aromatic heterocycles. The predicted octanol–water partition coefficient (Wildman–Crippen LogP) is 0.606. The topological polar surface area (TPSA) is 62.2 Å². The Morgan fingerprint density at radius 3 is 2.85 bits per heavy atom. The Balaban J connectivity index is 2.98. The lowest BCUT2D eigenvalue weighted by molar-refractivity contribution is -0.255. The van der Waals surface area contributed by atoms with E-state index in [1.54, 1.807) is 0 Å². The third kappa shape index (κ3) is 2.42. The fraction of sp³-hybridized carbons (Fsp3) is 0.250. The fourth-order valence-corrected chi connectivity index (χ4v) is 1.24. The minimum absolute atomic E-state index is 0.115. The summed E-state index contributed by atoms with van der Waals surface area (Å²) in [6, 6.07) is 2.87. The number of aromatic nitrogens is 1. The first-order chi connectivity index (χ1) is 6.15. The molecule has 0 aliphatic carbocycles. The largest absolute Gasteiger partial charge is 0.543 e. The minimum atomic E-state index is -1.30. The van der Waals surface area contributed by atoms with E-state index in [4.69, 9.17) is 4.74 Å². The van der Waals surface area contributed by atoms with Gasteiger partial charge in [0, 0.05) is 0 Å². The number of pyridine rings is 1. The first-order valence-electron chi connectivity index (χ1n) is 3.66. The molecule has 1 rings (SSSR count). The highest BCUT2D eigenvalue weighted by atomic mass is 79.9. The third-order valence-corrected chi connectivity index (χ3v) is 1.89. The van der Waals surface area contributed by atoms with Gasteiger partial charge >= 0.3 is 0 Å². The highest BCUT2D eigenvalue weighted by molar-refractivity contribution is 9.10. The molecule has 4 nitrogen and oxygen atoms in total. The molecular weight excluding hydrogens is 238 g/mol. The van der Waals surface area contributed by atoms with Gasteiger partial charge in [-0.05, 0) is 35.0 Å². The summed E-state index contributed by atoms with van der Waals surface area (Å²) in [6.07, 6.45) is 0. The first-order valence-corrected chi connectivity index (χ1v) is 4.45. The van der Waals surface area contributed by atoms with Crippen LogP contribution in [0.4, 0.5) is 0 Å². The van der Waals surface area contributed by atoms with Crippen LogP contribution in [0, 0.1) is 0 Å². The number of hydrogen-bond donors (Lipinski definition) is 0. The van der Waals surface area contributed by atoms with E-state index in [0.29, 0.717) is 17.0 Å². The van der Waals surface area contributed by atoms with E-state index in [9.17, 15) is 9.90 Å². The summed E-state index contributed by atoms with van der Waals surface area (Å²) in [4.78, 5) is 14.1. The van der Waals surface area contributed by atoms with Crippen LogP contribution >= 0.6 is 15.9 Å². The van der Waals surface area contributed by atoms with E-state index in [0.717, 1.165) is 0 Å². The van der Waals surface area contributed by atoms with Gasteiger partial charge in [-0.3, -0.25) is 0 Å². The number of nitrogens with zero attached hydrogens (tertiary/aromatic N) is 1. The second-order valence-corrected chi connectivity index (χ2v) is 2.96. The van der Waals surface area contributed by atoms with Crippen molar-refractivity contribution in [2.24, 2.45) is 0 Å². The number of aromatic carboxylic acids is 1. The zero-order valence-corrected chi connectivity index (χ0v) is 8.50. The van der Waals surface area contributed by atoms with Gasteiger partial charge in [0.15, 0.2) is 5.75 Å². The third-order valence-electron chi connectivity index (χ3n) is 1.32. The molecule has 0 spiro atoms. The molecule has 70 valence electrons. The van der Waals surface area contributed by atoms with Crippen molar-refractivity contribution in [1.29, 1.82) is 0 Å². The standard InChI is InChI=1S/C8H8BrNO3/c1-2-13-6-4-3-5(8(11)12)10-7(6)9/h3-4H,2H2,1H3,(H,11,12)/p-1. The summed E-state index contributed by atoms with van der Waals surface area (Å²) in [5.74, 6) is -0.781. The molecule has 0 radical (unpaired) electrons. The lowest BCUT2D eigenvalue weighted by atomic mass is 10.3. The Hall–Kier alpha value is -1.10. The van der Waals surface area contributed by atoms with Gasteiger partial charge in [-0.2, -0.15) is 0 Å². The average molecular weight is 245 g/mol. The van der Waals surface area contributed by atoms with Gasteiger partial charge in [0.25, 0.3) is 0 Å². The van der Waals surface area contributed by atoms with Gasteiger partial charge in [-0.25, -0.2) is 4.98 Å². The molecule has 0 atom stereocenters. The molecule has 0 unspecified atom stereocenters. The van der Waals surface area contributed by atoms with Crippen molar-refractivity contribution in [3.8, 4) is 5.75 Å². The lowest BCUT2D eigenvalue weighted by Crippen LogP contribution is -2.23. The Morgan fingerprint density at radius 2 is 2.38 bits per heavy atom. The van der Waals surface area contributed by atoms with Gasteiger partial charge in [0.2, 0.25) is 0 Å². The van der Waals surface area contributed by atoms with Crippen LogP contribution in [0.1, 0.15) is 17.4 Å². The fourth-order valence-electron chi connectivity index (χ4n) is 0.798. The molecule has 0 aromatic carbocycles. The van der Waals surface area contributed by atoms with Crippen LogP contribution in [-0.4, -0.2) is 17.6 Å². The van der Waals surface area contributed by atoms with Crippen molar-refractivity contribution in [3.05, 3.63) is 22.4 Å². The highest BCUT2D eigenvalue weighted by Crippen LogP contribution is 2.22. The second-order valence-electron chi connectivity index (χ2n) is 2.21. The molecule has 5 heteroatoms. The maximum Gasteiger partial charge on any atom is 0.152 e. The van der Waals surface area contributed by atoms with Crippen LogP contribution in [0.2, 0.25) is 0 Å². The molecule has 0 aliphatic heterocycles. The number of carbonyl (C=O) groups is 1. The normalized spacial score (nSPS) is 9.69. The number of halogens is 1. The number of carbonyl (C=O) groups excluding carboxylic acids is 1. The van der Waals surface area contributed by atoms with Crippen LogP contribution in [0.3, 0.4) is 0 Å². The van der Waals surface area contributed by atoms with Gasteiger partial charge in [0.05, 0.1) is 18.3 Å². The molecule has 0 bridgehead atoms. The van der Waals surface area contributed by atoms with Crippen LogP contribution < -0.4 is 9.84 Å². The first kappa shape index (κ1) is 9.98. The molecule has 1 aromatic rings. The Bertz CT molecular complexity index is 327. The molecule has 0 amide bonds. The van der Waals surface area contributed by atoms with Crippen molar-refractivity contribution in [2.75, 3.05) is 6.61 Å². The maximum atomic E-state index is 10.4. The molecule has 0 fully saturated rings. The SMILES string of the molecule is CCOc1ccc(C(=O)[O-])nc1Br. The van der Waals surface area contributed by atoms with Crippen LogP contribution in [0.25, 0.3) is 0 Å². The Kier molecular flexibility index (Phi) is 3.25. The molecular formula is C8H7BrNO3-. The van der Waals surface area contributed by atoms with Crippen LogP contribution in [-0.2, 0) is 0 Å². The van der Waals surface area contributed by atoms with Crippen molar-refractivity contribution in [1.82, 2.24) is 4.98 Å². The maximum absolute atomic E-state index is 10.4. The Labute approximate surface area is 83.7 Å². The number of hydrogen-bond acceptors (Lipinski definition) is 4. The molecule has 1 heterocycles. The molecule has 0 N–H and O–H groups in total. The predicted molar refractivity (Wildman–Crippen MR) is 47.4 cm³/mol. The van der Waals surface area contributed by atoms with Crippen LogP contribution in [0.5, 0.6) is 5.75 Å². The zero-order valence-electron chi connectivity index (χ0n) is 6.91. The lowest BCUT2D eigenvalue weighted by Gasteiger charge is -2.06. The minimum Gasteiger partial charge on any atom is -0.543 e. The Morgan fingerprint density at radius 1 is 1.69 bits per heavy atom. The number of ether oxygens (including phenoxy) is 1. The number of carboxylic acids is 1. The van der Waals surface area contributed by atoms with Gasteiger partial charge in [-0.15, -0.1) is 0 Å². The van der Waals surface area contributed by atoms with E-state index in [2.05, 4.69) is 20.9 Å². The van der Waals surface area contributed by atoms with Crippen molar-refractivity contribution in [3.63, 3.8) is 0 Å².